The van der Waals surface area contributed by atoms with Crippen molar-refractivity contribution in [1.82, 2.24) is 9.80 Å². The number of halogens is 1. The molecule has 2 aromatic rings. The maximum absolute atomic E-state index is 14.6. The lowest BCUT2D eigenvalue weighted by atomic mass is 10.3. The van der Waals surface area contributed by atoms with Crippen molar-refractivity contribution in [3.63, 3.8) is 0 Å². The Hall–Kier alpha value is -1.37. The number of thiophene rings is 2. The van der Waals surface area contributed by atoms with E-state index < -0.39 is 0 Å². The van der Waals surface area contributed by atoms with Crippen LogP contribution in [0.4, 0.5) is 4.39 Å². The average molecular weight is 499 g/mol. The first-order valence-electron chi connectivity index (χ1n) is 8.07. The van der Waals surface area contributed by atoms with Crippen LogP contribution in [0.25, 0.3) is 21.9 Å². The van der Waals surface area contributed by atoms with E-state index in [1.54, 1.807) is 26.2 Å². The Kier molecular flexibility index (Phi) is 5.79. The maximum Gasteiger partial charge on any atom is 0.265 e. The number of carbonyl (C=O) groups excluding carboxylic acids is 2. The van der Waals surface area contributed by atoms with Gasteiger partial charge in [0.05, 0.1) is 14.7 Å². The molecule has 0 unspecified atom stereocenters. The minimum Gasteiger partial charge on any atom is -0.296 e. The predicted molar refractivity (Wildman–Crippen MR) is 129 cm³/mol. The monoisotopic (exact) mass is 498 g/mol. The molecule has 0 atom stereocenters. The van der Waals surface area contributed by atoms with Crippen LogP contribution < -0.4 is 0 Å². The Morgan fingerprint density at radius 3 is 1.97 bits per heavy atom. The smallest absolute Gasteiger partial charge is 0.265 e. The molecule has 2 aromatic heterocycles. The second-order valence-electron chi connectivity index (χ2n) is 6.01. The number of carbonyl (C=O) groups is 2. The molecule has 2 aliphatic heterocycles. The molecule has 0 radical (unpaired) electrons. The summed E-state index contributed by atoms with van der Waals surface area (Å²) in [7, 11) is 3.27. The lowest BCUT2D eigenvalue weighted by molar-refractivity contribution is -0.122. The van der Waals surface area contributed by atoms with Crippen LogP contribution in [0.15, 0.2) is 28.0 Å². The Labute approximate surface area is 193 Å². The van der Waals surface area contributed by atoms with E-state index in [4.69, 9.17) is 24.4 Å². The van der Waals surface area contributed by atoms with Crippen LogP contribution in [0, 0.1) is 5.82 Å². The van der Waals surface area contributed by atoms with Gasteiger partial charge < -0.3 is 0 Å². The van der Waals surface area contributed by atoms with E-state index in [2.05, 4.69) is 0 Å². The lowest BCUT2D eigenvalue weighted by Crippen LogP contribution is -2.22. The minimum absolute atomic E-state index is 0.132. The summed E-state index contributed by atoms with van der Waals surface area (Å²) >= 11 is 15.4. The van der Waals surface area contributed by atoms with Gasteiger partial charge in [0.1, 0.15) is 14.5 Å². The molecule has 29 heavy (non-hydrogen) atoms. The molecule has 0 spiro atoms. The fraction of sp³-hybridized carbons (Fsp3) is 0.111. The first kappa shape index (κ1) is 20.9. The van der Waals surface area contributed by atoms with Crippen LogP contribution >= 0.6 is 70.6 Å². The summed E-state index contributed by atoms with van der Waals surface area (Å²) in [5, 5.41) is 0. The van der Waals surface area contributed by atoms with Crippen molar-refractivity contribution in [3.05, 3.63) is 43.6 Å². The van der Waals surface area contributed by atoms with Crippen LogP contribution in [0.2, 0.25) is 0 Å². The van der Waals surface area contributed by atoms with Crippen LogP contribution in [0.3, 0.4) is 0 Å². The van der Waals surface area contributed by atoms with Crippen molar-refractivity contribution in [1.29, 1.82) is 0 Å². The van der Waals surface area contributed by atoms with Gasteiger partial charge in [0, 0.05) is 28.7 Å². The SMILES string of the molecule is CN1C(=O)/C(=C/c2ccc(-c3sc(/C=C4\SC(=S)N(C)C4=O)cc3F)s2)SC1=S. The van der Waals surface area contributed by atoms with Gasteiger partial charge in [0.25, 0.3) is 11.8 Å². The van der Waals surface area contributed by atoms with Crippen molar-refractivity contribution in [2.45, 2.75) is 0 Å². The number of hydrogen-bond donors (Lipinski definition) is 0. The molecule has 0 aromatic carbocycles. The average Bonchev–Trinajstić information content (AvgIpc) is 3.40. The third-order valence-corrected chi connectivity index (χ3v) is 9.32. The van der Waals surface area contributed by atoms with E-state index >= 15 is 0 Å². The number of likely N-dealkylation sites (N-methyl/N-ethyl adjacent to an activating group) is 2. The highest BCUT2D eigenvalue weighted by atomic mass is 32.2. The molecular formula is C18H11FN2O2S6. The van der Waals surface area contributed by atoms with Gasteiger partial charge in [0.15, 0.2) is 0 Å². The fourth-order valence-corrected chi connectivity index (χ4v) is 7.06. The maximum atomic E-state index is 14.6. The molecular weight excluding hydrogens is 488 g/mol. The van der Waals surface area contributed by atoms with E-state index in [9.17, 15) is 14.0 Å². The largest absolute Gasteiger partial charge is 0.296 e. The van der Waals surface area contributed by atoms with E-state index in [0.29, 0.717) is 28.2 Å². The standard InChI is InChI=1S/C18H11FN2O2S6/c1-20-15(22)12(28-17(20)24)6-8-3-4-11(26-8)14-10(19)5-9(27-14)7-13-16(23)21(2)18(25)29-13/h3-7H,1-2H3/b12-6-,13-7-. The third-order valence-electron chi connectivity index (χ3n) is 4.08. The molecule has 2 aliphatic rings. The lowest BCUT2D eigenvalue weighted by Gasteiger charge is -2.03. The molecule has 4 heterocycles. The summed E-state index contributed by atoms with van der Waals surface area (Å²) in [5.41, 5.74) is 0. The summed E-state index contributed by atoms with van der Waals surface area (Å²) < 4.78 is 15.6. The Bertz CT molecular complexity index is 1150. The van der Waals surface area contributed by atoms with Crippen LogP contribution in [0.5, 0.6) is 0 Å². The molecule has 0 saturated carbocycles. The van der Waals surface area contributed by atoms with Crippen molar-refractivity contribution < 1.29 is 14.0 Å². The highest BCUT2D eigenvalue weighted by Gasteiger charge is 2.30. The summed E-state index contributed by atoms with van der Waals surface area (Å²) in [5.74, 6) is -0.656. The summed E-state index contributed by atoms with van der Waals surface area (Å²) in [4.78, 5) is 30.9. The van der Waals surface area contributed by atoms with Gasteiger partial charge >= 0.3 is 0 Å². The molecule has 0 aliphatic carbocycles. The second kappa shape index (κ2) is 8.05. The number of thioether (sulfide) groups is 2. The Morgan fingerprint density at radius 1 is 0.897 bits per heavy atom. The number of nitrogens with zero attached hydrogens (tertiary/aromatic N) is 2. The highest BCUT2D eigenvalue weighted by molar-refractivity contribution is 8.27. The van der Waals surface area contributed by atoms with E-state index in [1.165, 1.54) is 62.1 Å². The predicted octanol–water partition coefficient (Wildman–Crippen LogP) is 5.28. The van der Waals surface area contributed by atoms with Crippen molar-refractivity contribution in [2.24, 2.45) is 0 Å². The van der Waals surface area contributed by atoms with Crippen molar-refractivity contribution >= 4 is 103 Å². The normalized spacial score (nSPS) is 20.2. The van der Waals surface area contributed by atoms with Crippen molar-refractivity contribution in [3.8, 4) is 9.75 Å². The van der Waals surface area contributed by atoms with E-state index in [1.807, 2.05) is 12.1 Å². The first-order chi connectivity index (χ1) is 13.7. The highest BCUT2D eigenvalue weighted by Crippen LogP contribution is 2.40. The number of thiocarbonyl (C=S) groups is 2. The molecule has 2 fully saturated rings. The first-order valence-corrected chi connectivity index (χ1v) is 12.2. The Balaban J connectivity index is 1.60. The summed E-state index contributed by atoms with van der Waals surface area (Å²) in [6.45, 7) is 0. The van der Waals surface area contributed by atoms with Gasteiger partial charge in [0.2, 0.25) is 0 Å². The van der Waals surface area contributed by atoms with Gasteiger partial charge in [-0.25, -0.2) is 4.39 Å². The van der Waals surface area contributed by atoms with Gasteiger partial charge in [-0.15, -0.1) is 22.7 Å². The molecule has 11 heteroatoms. The fourth-order valence-electron chi connectivity index (χ4n) is 2.53. The van der Waals surface area contributed by atoms with Gasteiger partial charge in [-0.2, -0.15) is 0 Å². The van der Waals surface area contributed by atoms with Crippen molar-refractivity contribution in [2.75, 3.05) is 14.1 Å². The van der Waals surface area contributed by atoms with Gasteiger partial charge in [-0.05, 0) is 30.4 Å². The van der Waals surface area contributed by atoms with E-state index in [-0.39, 0.29) is 17.6 Å². The zero-order valence-corrected chi connectivity index (χ0v) is 19.8. The third kappa shape index (κ3) is 3.99. The second-order valence-corrected chi connectivity index (χ2v) is 11.6. The molecule has 148 valence electrons. The molecule has 0 bridgehead atoms. The molecule has 0 N–H and O–H groups in total. The van der Waals surface area contributed by atoms with Gasteiger partial charge in [-0.1, -0.05) is 48.0 Å². The molecule has 2 saturated heterocycles. The molecule has 2 amide bonds. The molecule has 4 rings (SSSR count). The Morgan fingerprint density at radius 2 is 1.45 bits per heavy atom. The van der Waals surface area contributed by atoms with E-state index in [0.717, 1.165) is 9.75 Å². The zero-order chi connectivity index (χ0) is 20.9. The van der Waals surface area contributed by atoms with Crippen LogP contribution in [-0.2, 0) is 9.59 Å². The minimum atomic E-state index is -0.346. The summed E-state index contributed by atoms with van der Waals surface area (Å²) in [6, 6.07) is 5.10. The number of amides is 2. The topological polar surface area (TPSA) is 40.6 Å². The number of rotatable bonds is 3. The number of hydrogen-bond acceptors (Lipinski definition) is 8. The van der Waals surface area contributed by atoms with Crippen LogP contribution in [-0.4, -0.2) is 44.4 Å². The molecule has 4 nitrogen and oxygen atoms in total. The van der Waals surface area contributed by atoms with Gasteiger partial charge in [-0.3, -0.25) is 19.4 Å². The zero-order valence-electron chi connectivity index (χ0n) is 14.9. The quantitative estimate of drug-likeness (QED) is 0.424. The summed E-state index contributed by atoms with van der Waals surface area (Å²) in [6.07, 6.45) is 3.44. The van der Waals surface area contributed by atoms with Crippen LogP contribution in [0.1, 0.15) is 9.75 Å².